The summed E-state index contributed by atoms with van der Waals surface area (Å²) in [5, 5.41) is -0.281. The molecule has 10 heteroatoms. The van der Waals surface area contributed by atoms with E-state index in [1.54, 1.807) is 6.07 Å². The van der Waals surface area contributed by atoms with Crippen molar-refractivity contribution in [3.63, 3.8) is 0 Å². The molecule has 0 N–H and O–H groups in total. The minimum atomic E-state index is -4.55. The fraction of sp³-hybridized carbons (Fsp3) is 0.419. The highest BCUT2D eigenvalue weighted by atomic mass is 35.5. The highest BCUT2D eigenvalue weighted by Gasteiger charge is 2.34. The number of alkyl halides is 3. The highest BCUT2D eigenvalue weighted by molar-refractivity contribution is 7.88. The summed E-state index contributed by atoms with van der Waals surface area (Å²) < 4.78 is 72.1. The van der Waals surface area contributed by atoms with Crippen LogP contribution in [0.15, 0.2) is 78.9 Å². The van der Waals surface area contributed by atoms with Crippen LogP contribution in [0.5, 0.6) is 0 Å². The van der Waals surface area contributed by atoms with Crippen molar-refractivity contribution >= 4 is 21.6 Å². The van der Waals surface area contributed by atoms with Crippen molar-refractivity contribution in [2.45, 2.75) is 50.6 Å². The largest absolute Gasteiger partial charge is 0.417 e. The number of benzene rings is 3. The number of halogens is 4. The van der Waals surface area contributed by atoms with Gasteiger partial charge in [-0.25, -0.2) is 8.42 Å². The van der Waals surface area contributed by atoms with Crippen LogP contribution in [-0.4, -0.2) is 62.3 Å². The topological polar surface area (TPSA) is 49.9 Å². The van der Waals surface area contributed by atoms with Crippen LogP contribution in [-0.2, 0) is 27.5 Å². The molecule has 0 radical (unpaired) electrons. The predicted octanol–water partition coefficient (Wildman–Crippen LogP) is 6.82. The maximum absolute atomic E-state index is 13.6. The van der Waals surface area contributed by atoms with Gasteiger partial charge in [0.05, 0.1) is 22.9 Å². The van der Waals surface area contributed by atoms with Crippen LogP contribution in [0, 0.1) is 0 Å². The zero-order valence-corrected chi connectivity index (χ0v) is 24.8. The van der Waals surface area contributed by atoms with Crippen molar-refractivity contribution in [3.8, 4) is 0 Å². The Bertz CT molecular complexity index is 1330. The van der Waals surface area contributed by atoms with Gasteiger partial charge < -0.3 is 4.74 Å². The fourth-order valence-corrected chi connectivity index (χ4v) is 6.44. The van der Waals surface area contributed by atoms with E-state index in [0.29, 0.717) is 44.6 Å². The first kappa shape index (κ1) is 31.5. The van der Waals surface area contributed by atoms with E-state index in [4.69, 9.17) is 16.3 Å². The third-order valence-corrected chi connectivity index (χ3v) is 9.38. The molecule has 0 saturated carbocycles. The molecule has 0 aromatic heterocycles. The first-order chi connectivity index (χ1) is 19.4. The van der Waals surface area contributed by atoms with Crippen molar-refractivity contribution < 1.29 is 26.3 Å². The molecule has 1 saturated heterocycles. The molecule has 1 heterocycles. The van der Waals surface area contributed by atoms with Crippen LogP contribution in [0.2, 0.25) is 5.02 Å². The van der Waals surface area contributed by atoms with Gasteiger partial charge in [-0.05, 0) is 42.5 Å². The molecule has 0 spiro atoms. The summed E-state index contributed by atoms with van der Waals surface area (Å²) in [7, 11) is -3.26. The van der Waals surface area contributed by atoms with Crippen LogP contribution < -0.4 is 0 Å². The average molecular weight is 609 g/mol. The van der Waals surface area contributed by atoms with E-state index < -0.39 is 21.8 Å². The van der Waals surface area contributed by atoms with Crippen molar-refractivity contribution in [1.82, 2.24) is 9.21 Å². The van der Waals surface area contributed by atoms with E-state index in [1.807, 2.05) is 43.3 Å². The maximum atomic E-state index is 13.6. The van der Waals surface area contributed by atoms with Crippen LogP contribution >= 0.6 is 11.6 Å². The van der Waals surface area contributed by atoms with Crippen LogP contribution in [0.25, 0.3) is 0 Å². The molecule has 5 nitrogen and oxygen atoms in total. The molecular weight excluding hydrogens is 573 g/mol. The number of hydrogen-bond acceptors (Lipinski definition) is 4. The molecule has 0 unspecified atom stereocenters. The van der Waals surface area contributed by atoms with Gasteiger partial charge in [0, 0.05) is 44.7 Å². The third-order valence-electron chi connectivity index (χ3n) is 7.67. The SMILES string of the molecule is C[C@H](CCO[C@H]1CCN(S(C)(=O)=O)C1)N(Cc1cccc(C(F)(F)F)c1Cl)CC(c1ccccc1)c1ccccc1. The second-order valence-electron chi connectivity index (χ2n) is 10.6. The molecule has 2 atom stereocenters. The zero-order valence-electron chi connectivity index (χ0n) is 23.2. The van der Waals surface area contributed by atoms with Crippen LogP contribution in [0.4, 0.5) is 13.2 Å². The Kier molecular flexibility index (Phi) is 10.5. The summed E-state index contributed by atoms with van der Waals surface area (Å²) in [4.78, 5) is 2.16. The van der Waals surface area contributed by atoms with E-state index in [2.05, 4.69) is 29.2 Å². The zero-order chi connectivity index (χ0) is 29.6. The minimum Gasteiger partial charge on any atom is -0.377 e. The first-order valence-corrected chi connectivity index (χ1v) is 15.9. The molecule has 1 fully saturated rings. The molecular formula is C31H36ClF3N2O3S. The second-order valence-corrected chi connectivity index (χ2v) is 13.0. The van der Waals surface area contributed by atoms with E-state index in [0.717, 1.165) is 17.2 Å². The van der Waals surface area contributed by atoms with E-state index >= 15 is 0 Å². The van der Waals surface area contributed by atoms with Crippen molar-refractivity contribution in [3.05, 3.63) is 106 Å². The summed E-state index contributed by atoms with van der Waals surface area (Å²) in [6.45, 7) is 3.99. The van der Waals surface area contributed by atoms with Gasteiger partial charge in [-0.2, -0.15) is 17.5 Å². The van der Waals surface area contributed by atoms with Gasteiger partial charge >= 0.3 is 6.18 Å². The third kappa shape index (κ3) is 8.55. The maximum Gasteiger partial charge on any atom is 0.417 e. The van der Waals surface area contributed by atoms with Gasteiger partial charge in [0.15, 0.2) is 0 Å². The highest BCUT2D eigenvalue weighted by Crippen LogP contribution is 2.37. The van der Waals surface area contributed by atoms with Gasteiger partial charge in [-0.15, -0.1) is 0 Å². The molecule has 3 aromatic rings. The van der Waals surface area contributed by atoms with Crippen LogP contribution in [0.1, 0.15) is 47.9 Å². The van der Waals surface area contributed by atoms with Gasteiger partial charge in [-0.3, -0.25) is 4.90 Å². The van der Waals surface area contributed by atoms with Gasteiger partial charge in [0.25, 0.3) is 0 Å². The minimum absolute atomic E-state index is 0.0245. The summed E-state index contributed by atoms with van der Waals surface area (Å²) in [6.07, 6.45) is -2.28. The van der Waals surface area contributed by atoms with Gasteiger partial charge in [0.2, 0.25) is 10.0 Å². The van der Waals surface area contributed by atoms with E-state index in [-0.39, 0.29) is 29.6 Å². The van der Waals surface area contributed by atoms with Gasteiger partial charge in [-0.1, -0.05) is 84.4 Å². The lowest BCUT2D eigenvalue weighted by Gasteiger charge is -2.34. The first-order valence-electron chi connectivity index (χ1n) is 13.7. The average Bonchev–Trinajstić information content (AvgIpc) is 3.42. The predicted molar refractivity (Wildman–Crippen MR) is 156 cm³/mol. The summed E-state index contributed by atoms with van der Waals surface area (Å²) in [6, 6.07) is 24.1. The van der Waals surface area contributed by atoms with Crippen molar-refractivity contribution in [2.24, 2.45) is 0 Å². The lowest BCUT2D eigenvalue weighted by atomic mass is 9.90. The quantitative estimate of drug-likeness (QED) is 0.226. The summed E-state index contributed by atoms with van der Waals surface area (Å²) in [5.74, 6) is -0.0245. The normalized spacial score (nSPS) is 17.4. The number of hydrogen-bond donors (Lipinski definition) is 0. The second kappa shape index (κ2) is 13.7. The molecule has 0 amide bonds. The fourth-order valence-electron chi connectivity index (χ4n) is 5.27. The van der Waals surface area contributed by atoms with Crippen LogP contribution in [0.3, 0.4) is 0 Å². The summed E-state index contributed by atoms with van der Waals surface area (Å²) in [5.41, 5.74) is 1.78. The monoisotopic (exact) mass is 608 g/mol. The molecule has 41 heavy (non-hydrogen) atoms. The molecule has 4 rings (SSSR count). The number of sulfonamides is 1. The Hall–Kier alpha value is -2.43. The molecule has 1 aliphatic rings. The molecule has 3 aromatic carbocycles. The van der Waals surface area contributed by atoms with Gasteiger partial charge in [0.1, 0.15) is 0 Å². The molecule has 222 valence electrons. The van der Waals surface area contributed by atoms with E-state index in [9.17, 15) is 21.6 Å². The summed E-state index contributed by atoms with van der Waals surface area (Å²) >= 11 is 6.33. The Balaban J connectivity index is 1.56. The molecule has 0 bridgehead atoms. The van der Waals surface area contributed by atoms with E-state index in [1.165, 1.54) is 16.6 Å². The Morgan fingerprint density at radius 1 is 1.00 bits per heavy atom. The van der Waals surface area contributed by atoms with Crippen molar-refractivity contribution in [1.29, 1.82) is 0 Å². The Labute approximate surface area is 245 Å². The molecule has 1 aliphatic heterocycles. The smallest absolute Gasteiger partial charge is 0.377 e. The lowest BCUT2D eigenvalue weighted by Crippen LogP contribution is -2.37. The number of rotatable bonds is 12. The lowest BCUT2D eigenvalue weighted by molar-refractivity contribution is -0.137. The Morgan fingerprint density at radius 3 is 2.15 bits per heavy atom. The number of ether oxygens (including phenoxy) is 1. The Morgan fingerprint density at radius 2 is 1.61 bits per heavy atom. The standard InChI is InChI=1S/C31H36ClF3N2O3S/c1-23(17-19-40-27-16-18-37(21-27)41(2,38)39)36(20-26-14-9-15-29(30(26)32)31(33,34)35)22-28(24-10-5-3-6-11-24)25-12-7-4-8-13-25/h3-15,23,27-28H,16-22H2,1-2H3/t23-,27+/m1/s1. The molecule has 0 aliphatic carbocycles. The number of nitrogens with zero attached hydrogens (tertiary/aromatic N) is 2. The van der Waals surface area contributed by atoms with Crippen molar-refractivity contribution in [2.75, 3.05) is 32.5 Å².